The summed E-state index contributed by atoms with van der Waals surface area (Å²) in [6, 6.07) is 3.75. The standard InChI is InChI=1S/C8H8ClNO4S/c1-15(13,14)10-7-3-5(8(11)12)2-6(9)4-7/h2-4,10H,1H3,(H,11,12). The molecule has 0 amide bonds. The SMILES string of the molecule is CS(=O)(=O)Nc1cc(Cl)cc(C(=O)O)c1. The molecule has 1 rings (SSSR count). The van der Waals surface area contributed by atoms with Crippen LogP contribution in [0.15, 0.2) is 18.2 Å². The predicted molar refractivity (Wildman–Crippen MR) is 56.9 cm³/mol. The Morgan fingerprint density at radius 3 is 2.47 bits per heavy atom. The molecule has 1 aromatic carbocycles. The van der Waals surface area contributed by atoms with Gasteiger partial charge in [0.25, 0.3) is 0 Å². The first-order valence-corrected chi connectivity index (χ1v) is 6.06. The minimum Gasteiger partial charge on any atom is -0.478 e. The van der Waals surface area contributed by atoms with E-state index in [4.69, 9.17) is 16.7 Å². The number of carboxylic acids is 1. The monoisotopic (exact) mass is 249 g/mol. The van der Waals surface area contributed by atoms with E-state index in [0.29, 0.717) is 0 Å². The Balaban J connectivity index is 3.15. The number of aromatic carboxylic acids is 1. The van der Waals surface area contributed by atoms with Crippen LogP contribution in [0.1, 0.15) is 10.4 Å². The number of hydrogen-bond acceptors (Lipinski definition) is 3. The molecule has 0 unspecified atom stereocenters. The molecule has 2 N–H and O–H groups in total. The summed E-state index contributed by atoms with van der Waals surface area (Å²) in [7, 11) is -3.44. The average molecular weight is 250 g/mol. The molecule has 82 valence electrons. The average Bonchev–Trinajstić information content (AvgIpc) is 1.99. The normalized spacial score (nSPS) is 11.1. The van der Waals surface area contributed by atoms with Gasteiger partial charge < -0.3 is 5.11 Å². The van der Waals surface area contributed by atoms with E-state index in [1.54, 1.807) is 0 Å². The third kappa shape index (κ3) is 3.77. The van der Waals surface area contributed by atoms with Crippen molar-refractivity contribution in [1.29, 1.82) is 0 Å². The summed E-state index contributed by atoms with van der Waals surface area (Å²) >= 11 is 5.62. The molecule has 0 saturated carbocycles. The summed E-state index contributed by atoms with van der Waals surface area (Å²) < 4.78 is 23.9. The minimum atomic E-state index is -3.44. The molecule has 5 nitrogen and oxygen atoms in total. The topological polar surface area (TPSA) is 83.5 Å². The molecule has 0 heterocycles. The van der Waals surface area contributed by atoms with E-state index in [1.165, 1.54) is 18.2 Å². The Bertz CT molecular complexity index is 497. The van der Waals surface area contributed by atoms with Crippen molar-refractivity contribution in [3.8, 4) is 0 Å². The van der Waals surface area contributed by atoms with Crippen molar-refractivity contribution in [3.63, 3.8) is 0 Å². The van der Waals surface area contributed by atoms with Crippen molar-refractivity contribution in [2.75, 3.05) is 11.0 Å². The van der Waals surface area contributed by atoms with E-state index in [1.807, 2.05) is 0 Å². The lowest BCUT2D eigenvalue weighted by molar-refractivity contribution is 0.0697. The number of halogens is 1. The molecule has 0 atom stereocenters. The van der Waals surface area contributed by atoms with Gasteiger partial charge in [-0.05, 0) is 18.2 Å². The van der Waals surface area contributed by atoms with Gasteiger partial charge in [0.2, 0.25) is 10.0 Å². The Morgan fingerprint density at radius 2 is 2.00 bits per heavy atom. The van der Waals surface area contributed by atoms with Gasteiger partial charge in [0.05, 0.1) is 17.5 Å². The summed E-state index contributed by atoms with van der Waals surface area (Å²) in [5, 5.41) is 8.85. The predicted octanol–water partition coefficient (Wildman–Crippen LogP) is 1.41. The van der Waals surface area contributed by atoms with Crippen LogP contribution >= 0.6 is 11.6 Å². The van der Waals surface area contributed by atoms with Crippen LogP contribution in [0.25, 0.3) is 0 Å². The van der Waals surface area contributed by atoms with E-state index in [9.17, 15) is 13.2 Å². The number of rotatable bonds is 3. The van der Waals surface area contributed by atoms with Crippen molar-refractivity contribution in [3.05, 3.63) is 28.8 Å². The third-order valence-electron chi connectivity index (χ3n) is 1.45. The van der Waals surface area contributed by atoms with Gasteiger partial charge in [0.1, 0.15) is 0 Å². The molecular weight excluding hydrogens is 242 g/mol. The molecule has 0 fully saturated rings. The zero-order chi connectivity index (χ0) is 11.6. The second-order valence-corrected chi connectivity index (χ2v) is 5.09. The molecule has 0 aromatic heterocycles. The maximum atomic E-state index is 10.9. The van der Waals surface area contributed by atoms with Crippen LogP contribution in [0.4, 0.5) is 5.69 Å². The summed E-state index contributed by atoms with van der Waals surface area (Å²) in [5.41, 5.74) is 0.0519. The van der Waals surface area contributed by atoms with Crippen LogP contribution in [-0.4, -0.2) is 25.7 Å². The molecule has 0 bridgehead atoms. The van der Waals surface area contributed by atoms with Gasteiger partial charge in [-0.3, -0.25) is 4.72 Å². The Morgan fingerprint density at radius 1 is 1.40 bits per heavy atom. The van der Waals surface area contributed by atoms with Gasteiger partial charge >= 0.3 is 5.97 Å². The number of carbonyl (C=O) groups is 1. The largest absolute Gasteiger partial charge is 0.478 e. The first-order valence-electron chi connectivity index (χ1n) is 3.79. The maximum Gasteiger partial charge on any atom is 0.335 e. The number of anilines is 1. The van der Waals surface area contributed by atoms with E-state index in [2.05, 4.69) is 4.72 Å². The maximum absolute atomic E-state index is 10.9. The Hall–Kier alpha value is -1.27. The molecular formula is C8H8ClNO4S. The molecule has 0 aliphatic carbocycles. The summed E-state index contributed by atoms with van der Waals surface area (Å²) in [6.07, 6.45) is 0.967. The van der Waals surface area contributed by atoms with E-state index >= 15 is 0 Å². The Labute approximate surface area is 91.7 Å². The lowest BCUT2D eigenvalue weighted by atomic mass is 10.2. The van der Waals surface area contributed by atoms with Crippen molar-refractivity contribution in [1.82, 2.24) is 0 Å². The van der Waals surface area contributed by atoms with Crippen molar-refractivity contribution >= 4 is 33.3 Å². The van der Waals surface area contributed by atoms with Crippen LogP contribution in [0.5, 0.6) is 0 Å². The van der Waals surface area contributed by atoms with Crippen molar-refractivity contribution in [2.24, 2.45) is 0 Å². The first kappa shape index (κ1) is 11.8. The molecule has 0 saturated heterocycles. The van der Waals surface area contributed by atoms with Crippen LogP contribution in [-0.2, 0) is 10.0 Å². The van der Waals surface area contributed by atoms with Crippen LogP contribution in [0.2, 0.25) is 5.02 Å². The highest BCUT2D eigenvalue weighted by Crippen LogP contribution is 2.19. The van der Waals surface area contributed by atoms with Gasteiger partial charge in [-0.25, -0.2) is 13.2 Å². The van der Waals surface area contributed by atoms with E-state index < -0.39 is 16.0 Å². The molecule has 15 heavy (non-hydrogen) atoms. The van der Waals surface area contributed by atoms with Gasteiger partial charge in [-0.15, -0.1) is 0 Å². The van der Waals surface area contributed by atoms with Crippen LogP contribution < -0.4 is 4.72 Å². The Kier molecular flexibility index (Phi) is 3.21. The summed E-state index contributed by atoms with van der Waals surface area (Å²) in [4.78, 5) is 10.6. The summed E-state index contributed by atoms with van der Waals surface area (Å²) in [6.45, 7) is 0. The number of hydrogen-bond donors (Lipinski definition) is 2. The smallest absolute Gasteiger partial charge is 0.335 e. The van der Waals surface area contributed by atoms with Gasteiger partial charge in [0.15, 0.2) is 0 Å². The molecule has 0 spiro atoms. The molecule has 1 aromatic rings. The first-order chi connectivity index (χ1) is 6.78. The third-order valence-corrected chi connectivity index (χ3v) is 2.27. The molecule has 0 aliphatic heterocycles. The van der Waals surface area contributed by atoms with Gasteiger partial charge in [-0.2, -0.15) is 0 Å². The quantitative estimate of drug-likeness (QED) is 0.848. The zero-order valence-corrected chi connectivity index (χ0v) is 9.26. The van der Waals surface area contributed by atoms with E-state index in [0.717, 1.165) is 6.26 Å². The minimum absolute atomic E-state index is 0.0753. The number of benzene rings is 1. The zero-order valence-electron chi connectivity index (χ0n) is 7.69. The molecule has 0 radical (unpaired) electrons. The van der Waals surface area contributed by atoms with Gasteiger partial charge in [-0.1, -0.05) is 11.6 Å². The van der Waals surface area contributed by atoms with Gasteiger partial charge in [0, 0.05) is 5.02 Å². The molecule has 0 aliphatic rings. The fourth-order valence-corrected chi connectivity index (χ4v) is 1.77. The highest BCUT2D eigenvalue weighted by Gasteiger charge is 2.08. The second-order valence-electron chi connectivity index (χ2n) is 2.91. The van der Waals surface area contributed by atoms with Crippen LogP contribution in [0, 0.1) is 0 Å². The fourth-order valence-electron chi connectivity index (χ4n) is 0.986. The fraction of sp³-hybridized carbons (Fsp3) is 0.125. The van der Waals surface area contributed by atoms with Crippen molar-refractivity contribution in [2.45, 2.75) is 0 Å². The summed E-state index contributed by atoms with van der Waals surface area (Å²) in [5.74, 6) is -1.17. The number of carboxylic acid groups (broad SMARTS) is 1. The number of sulfonamides is 1. The number of nitrogens with one attached hydrogen (secondary N) is 1. The lowest BCUT2D eigenvalue weighted by Gasteiger charge is -2.05. The van der Waals surface area contributed by atoms with Crippen molar-refractivity contribution < 1.29 is 18.3 Å². The van der Waals surface area contributed by atoms with E-state index in [-0.39, 0.29) is 16.3 Å². The second kappa shape index (κ2) is 4.08. The van der Waals surface area contributed by atoms with Crippen LogP contribution in [0.3, 0.4) is 0 Å². The lowest BCUT2D eigenvalue weighted by Crippen LogP contribution is -2.10. The highest BCUT2D eigenvalue weighted by molar-refractivity contribution is 7.92. The molecule has 7 heteroatoms. The highest BCUT2D eigenvalue weighted by atomic mass is 35.5.